The monoisotopic (exact) mass is 681 g/mol. The van der Waals surface area contributed by atoms with E-state index in [9.17, 15) is 14.4 Å². The van der Waals surface area contributed by atoms with E-state index in [1.165, 1.54) is 11.8 Å². The molecule has 0 aliphatic carbocycles. The molecule has 0 saturated heterocycles. The maximum atomic E-state index is 13.4. The lowest BCUT2D eigenvalue weighted by molar-refractivity contribution is -0.116. The summed E-state index contributed by atoms with van der Waals surface area (Å²) in [5.74, 6) is -1.10. The van der Waals surface area contributed by atoms with Crippen LogP contribution in [-0.2, 0) is 9.59 Å². The number of carbonyl (C=O) groups is 3. The first-order valence-corrected chi connectivity index (χ1v) is 15.3. The van der Waals surface area contributed by atoms with Gasteiger partial charge in [0.05, 0.1) is 5.25 Å². The molecule has 3 amide bonds. The molecule has 0 radical (unpaired) electrons. The molecule has 0 spiro atoms. The zero-order valence-corrected chi connectivity index (χ0v) is 26.3. The molecule has 0 aliphatic rings. The normalized spacial score (nSPS) is 11.9. The van der Waals surface area contributed by atoms with Gasteiger partial charge in [0, 0.05) is 36.4 Å². The molecule has 42 heavy (non-hydrogen) atoms. The van der Waals surface area contributed by atoms with Crippen molar-refractivity contribution in [3.63, 3.8) is 0 Å². The molecule has 0 fully saturated rings. The molecule has 0 aliphatic heterocycles. The Morgan fingerprint density at radius 3 is 2.19 bits per heavy atom. The minimum Gasteiger partial charge on any atom is -0.325 e. The van der Waals surface area contributed by atoms with Crippen LogP contribution in [0.1, 0.15) is 29.3 Å². The fourth-order valence-electron chi connectivity index (χ4n) is 3.85. The molecule has 4 aromatic carbocycles. The summed E-state index contributed by atoms with van der Waals surface area (Å²) >= 11 is 16.9. The smallest absolute Gasteiger partial charge is 0.272 e. The molecular weight excluding hydrogens is 657 g/mol. The second-order valence-corrected chi connectivity index (χ2v) is 12.1. The van der Waals surface area contributed by atoms with Crippen molar-refractivity contribution in [2.24, 2.45) is 0 Å². The van der Waals surface area contributed by atoms with Gasteiger partial charge >= 0.3 is 0 Å². The SMILES string of the molecule is CCC(Sc1cccc(NC(=O)/C(=C/c2ccc(Br)cc2)NC(=O)c2ccccc2)c1)C(=O)Nc1cc(Cl)cc(Cl)c1. The van der Waals surface area contributed by atoms with Crippen LogP contribution < -0.4 is 16.0 Å². The van der Waals surface area contributed by atoms with Gasteiger partial charge in [0.1, 0.15) is 5.70 Å². The standard InChI is InChI=1S/C32H26BrCl2N3O3S/c1-2-29(32(41)37-26-17-23(34)16-24(35)18-26)42-27-10-6-9-25(19-27)36-31(40)28(15-20-11-13-22(33)14-12-20)38-30(39)21-7-4-3-5-8-21/h3-19,29H,2H2,1H3,(H,36,40)(H,37,41)(H,38,39)/b28-15-. The number of thioether (sulfide) groups is 1. The third-order valence-corrected chi connectivity index (χ3v) is 8.20. The van der Waals surface area contributed by atoms with E-state index < -0.39 is 17.1 Å². The van der Waals surface area contributed by atoms with Gasteiger partial charge in [0.25, 0.3) is 11.8 Å². The Morgan fingerprint density at radius 1 is 0.833 bits per heavy atom. The summed E-state index contributed by atoms with van der Waals surface area (Å²) < 4.78 is 0.892. The van der Waals surface area contributed by atoms with Crippen molar-refractivity contribution in [2.75, 3.05) is 10.6 Å². The van der Waals surface area contributed by atoms with E-state index in [-0.39, 0.29) is 11.6 Å². The Labute approximate surface area is 267 Å². The van der Waals surface area contributed by atoms with Crippen LogP contribution >= 0.6 is 50.9 Å². The first-order chi connectivity index (χ1) is 20.2. The summed E-state index contributed by atoms with van der Waals surface area (Å²) in [7, 11) is 0. The third-order valence-electron chi connectivity index (χ3n) is 5.87. The summed E-state index contributed by atoms with van der Waals surface area (Å²) in [6, 6.07) is 28.1. The summed E-state index contributed by atoms with van der Waals surface area (Å²) in [4.78, 5) is 40.1. The number of hydrogen-bond acceptors (Lipinski definition) is 4. The molecule has 0 saturated carbocycles. The first-order valence-electron chi connectivity index (χ1n) is 12.9. The maximum absolute atomic E-state index is 13.4. The van der Waals surface area contributed by atoms with Crippen LogP contribution in [0.25, 0.3) is 6.08 Å². The minimum atomic E-state index is -0.494. The van der Waals surface area contributed by atoms with Gasteiger partial charge in [-0.2, -0.15) is 0 Å². The molecule has 0 bridgehead atoms. The number of halogens is 3. The van der Waals surface area contributed by atoms with Crippen molar-refractivity contribution in [2.45, 2.75) is 23.5 Å². The van der Waals surface area contributed by atoms with Gasteiger partial charge in [-0.15, -0.1) is 11.8 Å². The minimum absolute atomic E-state index is 0.0789. The van der Waals surface area contributed by atoms with Crippen LogP contribution in [0, 0.1) is 0 Å². The third kappa shape index (κ3) is 9.22. The fraction of sp³-hybridized carbons (Fsp3) is 0.0938. The van der Waals surface area contributed by atoms with E-state index in [1.54, 1.807) is 66.7 Å². The van der Waals surface area contributed by atoms with Gasteiger partial charge in [-0.25, -0.2) is 0 Å². The zero-order chi connectivity index (χ0) is 30.1. The van der Waals surface area contributed by atoms with Crippen molar-refractivity contribution < 1.29 is 14.4 Å². The van der Waals surface area contributed by atoms with Gasteiger partial charge in [-0.3, -0.25) is 14.4 Å². The van der Waals surface area contributed by atoms with Crippen molar-refractivity contribution in [3.8, 4) is 0 Å². The molecule has 0 heterocycles. The van der Waals surface area contributed by atoms with Crippen molar-refractivity contribution in [3.05, 3.63) is 128 Å². The topological polar surface area (TPSA) is 87.3 Å². The lowest BCUT2D eigenvalue weighted by Gasteiger charge is -2.16. The molecule has 1 atom stereocenters. The second-order valence-electron chi connectivity index (χ2n) is 9.07. The number of hydrogen-bond donors (Lipinski definition) is 3. The summed E-state index contributed by atoms with van der Waals surface area (Å²) in [5.41, 5.74) is 2.26. The van der Waals surface area contributed by atoms with Gasteiger partial charge < -0.3 is 16.0 Å². The summed E-state index contributed by atoms with van der Waals surface area (Å²) in [6.45, 7) is 1.92. The van der Waals surface area contributed by atoms with Crippen LogP contribution in [0.15, 0.2) is 112 Å². The quantitative estimate of drug-likeness (QED) is 0.115. The molecule has 3 N–H and O–H groups in total. The van der Waals surface area contributed by atoms with Crippen LogP contribution in [-0.4, -0.2) is 23.0 Å². The van der Waals surface area contributed by atoms with Gasteiger partial charge in [0.15, 0.2) is 0 Å². The molecule has 4 rings (SSSR count). The Hall–Kier alpha value is -3.56. The van der Waals surface area contributed by atoms with Crippen molar-refractivity contribution in [1.82, 2.24) is 5.32 Å². The van der Waals surface area contributed by atoms with Gasteiger partial charge in [0.2, 0.25) is 5.91 Å². The largest absolute Gasteiger partial charge is 0.325 e. The first kappa shape index (κ1) is 31.4. The number of nitrogens with one attached hydrogen (secondary N) is 3. The van der Waals surface area contributed by atoms with Crippen molar-refractivity contribution in [1.29, 1.82) is 0 Å². The van der Waals surface area contributed by atoms with Gasteiger partial charge in [-0.05, 0) is 78.7 Å². The number of rotatable bonds is 10. The number of amides is 3. The number of anilines is 2. The van der Waals surface area contributed by atoms with E-state index in [2.05, 4.69) is 31.9 Å². The lowest BCUT2D eigenvalue weighted by atomic mass is 10.1. The Balaban J connectivity index is 1.50. The highest BCUT2D eigenvalue weighted by atomic mass is 79.9. The van der Waals surface area contributed by atoms with E-state index in [4.69, 9.17) is 23.2 Å². The number of benzene rings is 4. The molecule has 214 valence electrons. The molecule has 10 heteroatoms. The lowest BCUT2D eigenvalue weighted by Crippen LogP contribution is -2.30. The second kappa shape index (κ2) is 15.1. The maximum Gasteiger partial charge on any atom is 0.272 e. The average Bonchev–Trinajstić information content (AvgIpc) is 2.96. The summed E-state index contributed by atoms with van der Waals surface area (Å²) in [5, 5.41) is 8.92. The van der Waals surface area contributed by atoms with Crippen molar-refractivity contribution >= 4 is 86.1 Å². The molecule has 6 nitrogen and oxygen atoms in total. The van der Waals surface area contributed by atoms with E-state index in [1.807, 2.05) is 43.3 Å². The molecular formula is C32H26BrCl2N3O3S. The highest BCUT2D eigenvalue weighted by molar-refractivity contribution is 9.10. The highest BCUT2D eigenvalue weighted by Crippen LogP contribution is 2.30. The Bertz CT molecular complexity index is 1600. The van der Waals surface area contributed by atoms with E-state index in [0.29, 0.717) is 33.4 Å². The van der Waals surface area contributed by atoms with Gasteiger partial charge in [-0.1, -0.05) is 82.5 Å². The fourth-order valence-corrected chi connectivity index (χ4v) is 5.65. The molecule has 4 aromatic rings. The molecule has 1 unspecified atom stereocenters. The van der Waals surface area contributed by atoms with E-state index >= 15 is 0 Å². The van der Waals surface area contributed by atoms with Crippen LogP contribution in [0.5, 0.6) is 0 Å². The molecule has 0 aromatic heterocycles. The zero-order valence-electron chi connectivity index (χ0n) is 22.4. The van der Waals surface area contributed by atoms with Crippen LogP contribution in [0.2, 0.25) is 10.0 Å². The average molecular weight is 683 g/mol. The van der Waals surface area contributed by atoms with Crippen LogP contribution in [0.3, 0.4) is 0 Å². The highest BCUT2D eigenvalue weighted by Gasteiger charge is 2.20. The Kier molecular flexibility index (Phi) is 11.3. The Morgan fingerprint density at radius 2 is 1.52 bits per heavy atom. The summed E-state index contributed by atoms with van der Waals surface area (Å²) in [6.07, 6.45) is 2.17. The predicted octanol–water partition coefficient (Wildman–Crippen LogP) is 8.67. The van der Waals surface area contributed by atoms with Crippen LogP contribution in [0.4, 0.5) is 11.4 Å². The number of carbonyl (C=O) groups excluding carboxylic acids is 3. The van der Waals surface area contributed by atoms with E-state index in [0.717, 1.165) is 14.9 Å². The predicted molar refractivity (Wildman–Crippen MR) is 176 cm³/mol.